The number of thioether (sulfide) groups is 1. The van der Waals surface area contributed by atoms with E-state index in [1.165, 1.54) is 35.8 Å². The van der Waals surface area contributed by atoms with E-state index in [-0.39, 0.29) is 0 Å². The van der Waals surface area contributed by atoms with Crippen LogP contribution in [0.5, 0.6) is 0 Å². The summed E-state index contributed by atoms with van der Waals surface area (Å²) in [4.78, 5) is 8.15. The van der Waals surface area contributed by atoms with Crippen LogP contribution in [-0.2, 0) is 0 Å². The number of rotatable bonds is 4. The molecule has 1 aromatic heterocycles. The van der Waals surface area contributed by atoms with Crippen LogP contribution >= 0.6 is 11.8 Å². The number of aromatic nitrogens is 1. The highest BCUT2D eigenvalue weighted by Gasteiger charge is 2.22. The summed E-state index contributed by atoms with van der Waals surface area (Å²) < 4.78 is 0. The topological polar surface area (TPSA) is 16.1 Å². The number of anilines is 1. The van der Waals surface area contributed by atoms with Crippen LogP contribution in [-0.4, -0.2) is 23.8 Å². The van der Waals surface area contributed by atoms with Crippen molar-refractivity contribution in [2.75, 3.05) is 23.7 Å². The molecular weight excluding hydrogens is 264 g/mol. The molecule has 104 valence electrons. The summed E-state index contributed by atoms with van der Waals surface area (Å²) in [5.41, 5.74) is 2.43. The largest absolute Gasteiger partial charge is 0.371 e. The first-order valence-corrected chi connectivity index (χ1v) is 8.15. The average molecular weight is 284 g/mol. The molecule has 0 saturated carbocycles. The Balaban J connectivity index is 1.55. The van der Waals surface area contributed by atoms with Crippen LogP contribution in [0.2, 0.25) is 0 Å². The number of pyridine rings is 1. The Bertz CT molecular complexity index is 556. The summed E-state index contributed by atoms with van der Waals surface area (Å²) in [5.74, 6) is 2.00. The van der Waals surface area contributed by atoms with Crippen molar-refractivity contribution in [1.29, 1.82) is 0 Å². The maximum Gasteiger partial charge on any atom is 0.0399 e. The van der Waals surface area contributed by atoms with E-state index in [0.29, 0.717) is 0 Å². The molecule has 0 aliphatic carbocycles. The Morgan fingerprint density at radius 2 is 2.10 bits per heavy atom. The minimum Gasteiger partial charge on any atom is -0.371 e. The van der Waals surface area contributed by atoms with Gasteiger partial charge < -0.3 is 4.90 Å². The molecule has 0 amide bonds. The smallest absolute Gasteiger partial charge is 0.0399 e. The molecule has 1 aliphatic heterocycles. The molecule has 3 heteroatoms. The van der Waals surface area contributed by atoms with Gasteiger partial charge in [0.15, 0.2) is 0 Å². The van der Waals surface area contributed by atoms with Gasteiger partial charge >= 0.3 is 0 Å². The van der Waals surface area contributed by atoms with Crippen molar-refractivity contribution in [1.82, 2.24) is 4.98 Å². The molecule has 1 unspecified atom stereocenters. The predicted octanol–water partition coefficient (Wildman–Crippen LogP) is 4.01. The van der Waals surface area contributed by atoms with Gasteiger partial charge in [0.25, 0.3) is 0 Å². The fraction of sp³-hybridized carbons (Fsp3) is 0.353. The van der Waals surface area contributed by atoms with Crippen molar-refractivity contribution in [3.63, 3.8) is 0 Å². The van der Waals surface area contributed by atoms with E-state index < -0.39 is 0 Å². The van der Waals surface area contributed by atoms with Gasteiger partial charge in [-0.3, -0.25) is 4.98 Å². The van der Waals surface area contributed by atoms with E-state index in [4.69, 9.17) is 0 Å². The van der Waals surface area contributed by atoms with Gasteiger partial charge in [0.2, 0.25) is 0 Å². The van der Waals surface area contributed by atoms with Crippen molar-refractivity contribution in [3.05, 3.63) is 54.4 Å². The van der Waals surface area contributed by atoms with E-state index in [1.807, 2.05) is 18.0 Å². The van der Waals surface area contributed by atoms with E-state index in [0.717, 1.165) is 11.6 Å². The number of hydrogen-bond donors (Lipinski definition) is 0. The molecule has 1 aliphatic rings. The molecule has 2 nitrogen and oxygen atoms in total. The second-order valence-electron chi connectivity index (χ2n) is 5.38. The highest BCUT2D eigenvalue weighted by atomic mass is 32.2. The summed E-state index contributed by atoms with van der Waals surface area (Å²) in [7, 11) is 0. The fourth-order valence-corrected chi connectivity index (χ4v) is 3.71. The quantitative estimate of drug-likeness (QED) is 0.789. The molecule has 1 aromatic carbocycles. The molecule has 0 bridgehead atoms. The van der Waals surface area contributed by atoms with Crippen LogP contribution in [0.15, 0.2) is 53.6 Å². The fourth-order valence-electron chi connectivity index (χ4n) is 2.66. The molecule has 3 rings (SSSR count). The Labute approximate surface area is 125 Å². The van der Waals surface area contributed by atoms with Crippen molar-refractivity contribution in [2.45, 2.75) is 18.2 Å². The second kappa shape index (κ2) is 6.31. The normalized spacial score (nSPS) is 18.4. The first kappa shape index (κ1) is 13.5. The Hall–Kier alpha value is -1.48. The van der Waals surface area contributed by atoms with Gasteiger partial charge in [-0.15, -0.1) is 11.8 Å². The molecule has 0 spiro atoms. The summed E-state index contributed by atoms with van der Waals surface area (Å²) in [5, 5.41) is 0. The first-order chi connectivity index (χ1) is 9.81. The Morgan fingerprint density at radius 1 is 1.25 bits per heavy atom. The zero-order valence-corrected chi connectivity index (χ0v) is 12.6. The number of benzene rings is 1. The van der Waals surface area contributed by atoms with Gasteiger partial charge in [-0.1, -0.05) is 18.2 Å². The van der Waals surface area contributed by atoms with Gasteiger partial charge in [0.05, 0.1) is 0 Å². The maximum absolute atomic E-state index is 4.28. The summed E-state index contributed by atoms with van der Waals surface area (Å²) in [6.07, 6.45) is 3.21. The monoisotopic (exact) mass is 284 g/mol. The lowest BCUT2D eigenvalue weighted by atomic mass is 10.2. The first-order valence-electron chi connectivity index (χ1n) is 7.17. The Morgan fingerprint density at radius 3 is 2.90 bits per heavy atom. The van der Waals surface area contributed by atoms with Crippen LogP contribution in [0.25, 0.3) is 0 Å². The predicted molar refractivity (Wildman–Crippen MR) is 86.5 cm³/mol. The van der Waals surface area contributed by atoms with Crippen LogP contribution in [0, 0.1) is 12.8 Å². The van der Waals surface area contributed by atoms with Gasteiger partial charge in [-0.25, -0.2) is 0 Å². The SMILES string of the molecule is Cc1cc(N2CCC(CSc3ccccc3)C2)ccn1. The average Bonchev–Trinajstić information content (AvgIpc) is 2.95. The Kier molecular flexibility index (Phi) is 4.26. The number of nitrogens with zero attached hydrogens (tertiary/aromatic N) is 2. The molecule has 0 N–H and O–H groups in total. The summed E-state index contributed by atoms with van der Waals surface area (Å²) in [6.45, 7) is 4.40. The van der Waals surface area contributed by atoms with Gasteiger partial charge in [-0.05, 0) is 43.5 Å². The van der Waals surface area contributed by atoms with Crippen LogP contribution in [0.1, 0.15) is 12.1 Å². The molecular formula is C17H20N2S. The zero-order valence-electron chi connectivity index (χ0n) is 11.8. The lowest BCUT2D eigenvalue weighted by molar-refractivity contribution is 0.671. The summed E-state index contributed by atoms with van der Waals surface area (Å²) in [6, 6.07) is 15.0. The molecule has 2 heterocycles. The van der Waals surface area contributed by atoms with E-state index in [2.05, 4.69) is 59.3 Å². The number of aryl methyl sites for hydroxylation is 1. The zero-order chi connectivity index (χ0) is 13.8. The maximum atomic E-state index is 4.28. The van der Waals surface area contributed by atoms with Crippen molar-refractivity contribution >= 4 is 17.4 Å². The molecule has 20 heavy (non-hydrogen) atoms. The van der Waals surface area contributed by atoms with Crippen LogP contribution in [0.3, 0.4) is 0 Å². The molecule has 1 atom stereocenters. The van der Waals surface area contributed by atoms with Crippen molar-refractivity contribution in [3.8, 4) is 0 Å². The van der Waals surface area contributed by atoms with Gasteiger partial charge in [0.1, 0.15) is 0 Å². The standard InChI is InChI=1S/C17H20N2S/c1-14-11-16(7-9-18-14)19-10-8-15(12-19)13-20-17-5-3-2-4-6-17/h2-7,9,11,15H,8,10,12-13H2,1H3. The molecule has 1 saturated heterocycles. The minimum absolute atomic E-state index is 0.786. The van der Waals surface area contributed by atoms with Crippen molar-refractivity contribution in [2.24, 2.45) is 5.92 Å². The lowest BCUT2D eigenvalue weighted by Crippen LogP contribution is -2.20. The van der Waals surface area contributed by atoms with Crippen LogP contribution in [0.4, 0.5) is 5.69 Å². The summed E-state index contributed by atoms with van der Waals surface area (Å²) >= 11 is 1.98. The third kappa shape index (κ3) is 3.34. The molecule has 0 radical (unpaired) electrons. The highest BCUT2D eigenvalue weighted by Crippen LogP contribution is 2.28. The minimum atomic E-state index is 0.786. The molecule has 1 fully saturated rings. The van der Waals surface area contributed by atoms with Gasteiger partial charge in [0, 0.05) is 41.3 Å². The highest BCUT2D eigenvalue weighted by molar-refractivity contribution is 7.99. The lowest BCUT2D eigenvalue weighted by Gasteiger charge is -2.18. The molecule has 2 aromatic rings. The van der Waals surface area contributed by atoms with Gasteiger partial charge in [-0.2, -0.15) is 0 Å². The third-order valence-corrected chi connectivity index (χ3v) is 5.00. The van der Waals surface area contributed by atoms with Crippen molar-refractivity contribution < 1.29 is 0 Å². The number of hydrogen-bond acceptors (Lipinski definition) is 3. The van der Waals surface area contributed by atoms with E-state index in [1.54, 1.807) is 0 Å². The van der Waals surface area contributed by atoms with Crippen LogP contribution < -0.4 is 4.90 Å². The second-order valence-corrected chi connectivity index (χ2v) is 6.47. The van der Waals surface area contributed by atoms with E-state index >= 15 is 0 Å². The van der Waals surface area contributed by atoms with E-state index in [9.17, 15) is 0 Å². The third-order valence-electron chi connectivity index (χ3n) is 3.76.